The molecular weight excluding hydrogens is 316 g/mol. The van der Waals surface area contributed by atoms with Crippen molar-refractivity contribution in [2.24, 2.45) is 29.4 Å². The van der Waals surface area contributed by atoms with Crippen LogP contribution < -0.4 is 11.1 Å². The zero-order valence-electron chi connectivity index (χ0n) is 13.1. The minimum atomic E-state index is -0.897. The predicted molar refractivity (Wildman–Crippen MR) is 86.4 cm³/mol. The fraction of sp³-hybridized carbons (Fsp3) is 0.562. The monoisotopic (exact) mass is 336 g/mol. The third-order valence-corrected chi connectivity index (χ3v) is 6.50. The molecule has 1 aromatic heterocycles. The average molecular weight is 336 g/mol. The number of carboxylic acids is 1. The molecule has 2 bridgehead atoms. The molecule has 3 rings (SSSR count). The summed E-state index contributed by atoms with van der Waals surface area (Å²) in [6.07, 6.45) is 2.59. The number of amides is 2. The Morgan fingerprint density at radius 1 is 1.17 bits per heavy atom. The molecular formula is C16H20N2O4S. The Balaban J connectivity index is 1.86. The first kappa shape index (κ1) is 16.0. The standard InChI is InChI=1S/C16H20N2O4S/c1-6-7(2)23-15(10(6)13(17)19)18-14(20)11-8-3-4-9(5-8)12(11)16(21)22/h8-9,11-12H,3-5H2,1-2H3,(H2,17,19)(H,18,20)(H,21,22)/t8-,9-,11+,12+/m0/s1. The highest BCUT2D eigenvalue weighted by molar-refractivity contribution is 7.16. The van der Waals surface area contributed by atoms with Gasteiger partial charge in [0.25, 0.3) is 5.91 Å². The molecule has 124 valence electrons. The molecule has 1 heterocycles. The Morgan fingerprint density at radius 3 is 2.35 bits per heavy atom. The highest BCUT2D eigenvalue weighted by atomic mass is 32.1. The van der Waals surface area contributed by atoms with Crippen molar-refractivity contribution in [3.63, 3.8) is 0 Å². The topological polar surface area (TPSA) is 109 Å². The molecule has 2 saturated carbocycles. The van der Waals surface area contributed by atoms with E-state index < -0.39 is 23.7 Å². The summed E-state index contributed by atoms with van der Waals surface area (Å²) in [4.78, 5) is 36.8. The van der Waals surface area contributed by atoms with Crippen molar-refractivity contribution < 1.29 is 19.5 Å². The van der Waals surface area contributed by atoms with Crippen molar-refractivity contribution in [2.75, 3.05) is 5.32 Å². The Kier molecular flexibility index (Phi) is 3.91. The highest BCUT2D eigenvalue weighted by Crippen LogP contribution is 2.52. The molecule has 4 N–H and O–H groups in total. The zero-order valence-corrected chi connectivity index (χ0v) is 13.9. The van der Waals surface area contributed by atoms with E-state index in [0.29, 0.717) is 10.6 Å². The van der Waals surface area contributed by atoms with E-state index in [-0.39, 0.29) is 17.7 Å². The van der Waals surface area contributed by atoms with Gasteiger partial charge in [-0.2, -0.15) is 0 Å². The van der Waals surface area contributed by atoms with Crippen LogP contribution in [0.1, 0.15) is 40.1 Å². The van der Waals surface area contributed by atoms with Gasteiger partial charge in [-0.1, -0.05) is 0 Å². The molecule has 1 aromatic rings. The van der Waals surface area contributed by atoms with Crippen LogP contribution in [0.2, 0.25) is 0 Å². The normalized spacial score (nSPS) is 28.8. The number of nitrogens with two attached hydrogens (primary N) is 1. The fourth-order valence-electron chi connectivity index (χ4n) is 4.23. The van der Waals surface area contributed by atoms with Gasteiger partial charge in [0.15, 0.2) is 0 Å². The summed E-state index contributed by atoms with van der Waals surface area (Å²) in [6.45, 7) is 3.65. The molecule has 0 aromatic carbocycles. The third kappa shape index (κ3) is 2.52. The van der Waals surface area contributed by atoms with E-state index >= 15 is 0 Å². The van der Waals surface area contributed by atoms with Crippen molar-refractivity contribution in [3.05, 3.63) is 16.0 Å². The number of nitrogens with one attached hydrogen (secondary N) is 1. The Hall–Kier alpha value is -1.89. The van der Waals surface area contributed by atoms with Crippen molar-refractivity contribution in [3.8, 4) is 0 Å². The molecule has 0 radical (unpaired) electrons. The maximum absolute atomic E-state index is 12.7. The van der Waals surface area contributed by atoms with Crippen LogP contribution in [0.25, 0.3) is 0 Å². The first-order chi connectivity index (χ1) is 10.8. The molecule has 2 aliphatic rings. The molecule has 2 aliphatic carbocycles. The van der Waals surface area contributed by atoms with E-state index in [4.69, 9.17) is 5.73 Å². The van der Waals surface area contributed by atoms with E-state index in [1.165, 1.54) is 11.3 Å². The molecule has 0 spiro atoms. The van der Waals surface area contributed by atoms with Crippen LogP contribution in [0.15, 0.2) is 0 Å². The third-order valence-electron chi connectivity index (χ3n) is 5.37. The van der Waals surface area contributed by atoms with E-state index in [0.717, 1.165) is 29.7 Å². The predicted octanol–water partition coefficient (Wildman–Crippen LogP) is 2.15. The summed E-state index contributed by atoms with van der Waals surface area (Å²) in [6, 6.07) is 0. The van der Waals surface area contributed by atoms with Crippen molar-refractivity contribution >= 4 is 34.1 Å². The molecule has 7 heteroatoms. The Labute approximate surface area is 138 Å². The molecule has 0 saturated heterocycles. The second-order valence-electron chi connectivity index (χ2n) is 6.56. The molecule has 2 fully saturated rings. The van der Waals surface area contributed by atoms with Gasteiger partial charge in [-0.25, -0.2) is 0 Å². The number of hydrogen-bond donors (Lipinski definition) is 3. The van der Waals surface area contributed by atoms with Crippen molar-refractivity contribution in [2.45, 2.75) is 33.1 Å². The summed E-state index contributed by atoms with van der Waals surface area (Å²) < 4.78 is 0. The number of carboxylic acid groups (broad SMARTS) is 1. The van der Waals surface area contributed by atoms with Gasteiger partial charge in [0, 0.05) is 4.88 Å². The lowest BCUT2D eigenvalue weighted by atomic mass is 9.79. The lowest BCUT2D eigenvalue weighted by Crippen LogP contribution is -2.38. The largest absolute Gasteiger partial charge is 0.481 e. The van der Waals surface area contributed by atoms with Crippen LogP contribution in [0.4, 0.5) is 5.00 Å². The lowest BCUT2D eigenvalue weighted by molar-refractivity contribution is -0.148. The first-order valence-corrected chi connectivity index (χ1v) is 8.56. The number of carbonyl (C=O) groups is 3. The number of thiophene rings is 1. The van der Waals surface area contributed by atoms with Crippen LogP contribution in [-0.2, 0) is 9.59 Å². The van der Waals surface area contributed by atoms with Gasteiger partial charge < -0.3 is 16.2 Å². The highest BCUT2D eigenvalue weighted by Gasteiger charge is 2.54. The SMILES string of the molecule is Cc1sc(NC(=O)[C@@H]2[C@H]3CC[C@@H](C3)[C@H]2C(=O)O)c(C(N)=O)c1C. The summed E-state index contributed by atoms with van der Waals surface area (Å²) in [5.41, 5.74) is 6.51. The van der Waals surface area contributed by atoms with E-state index in [1.54, 1.807) is 6.92 Å². The van der Waals surface area contributed by atoms with Crippen LogP contribution >= 0.6 is 11.3 Å². The fourth-order valence-corrected chi connectivity index (χ4v) is 5.30. The van der Waals surface area contributed by atoms with Crippen LogP contribution in [0.3, 0.4) is 0 Å². The van der Waals surface area contributed by atoms with Crippen LogP contribution in [0.5, 0.6) is 0 Å². The minimum Gasteiger partial charge on any atom is -0.481 e. The molecule has 0 unspecified atom stereocenters. The van der Waals surface area contributed by atoms with Gasteiger partial charge >= 0.3 is 5.97 Å². The summed E-state index contributed by atoms with van der Waals surface area (Å²) in [5, 5.41) is 12.7. The van der Waals surface area contributed by atoms with Gasteiger partial charge in [0.05, 0.1) is 17.4 Å². The van der Waals surface area contributed by atoms with Gasteiger partial charge in [-0.3, -0.25) is 14.4 Å². The van der Waals surface area contributed by atoms with Crippen LogP contribution in [0, 0.1) is 37.5 Å². The molecule has 23 heavy (non-hydrogen) atoms. The van der Waals surface area contributed by atoms with E-state index in [1.807, 2.05) is 6.92 Å². The summed E-state index contributed by atoms with van der Waals surface area (Å²) in [7, 11) is 0. The quantitative estimate of drug-likeness (QED) is 0.782. The number of rotatable bonds is 4. The van der Waals surface area contributed by atoms with E-state index in [2.05, 4.69) is 5.32 Å². The zero-order chi connectivity index (χ0) is 16.9. The second kappa shape index (κ2) is 5.63. The number of aryl methyl sites for hydroxylation is 1. The number of primary amides is 1. The number of aliphatic carboxylic acids is 1. The van der Waals surface area contributed by atoms with Gasteiger partial charge in [-0.05, 0) is 50.5 Å². The van der Waals surface area contributed by atoms with Crippen molar-refractivity contribution in [1.82, 2.24) is 0 Å². The maximum Gasteiger partial charge on any atom is 0.307 e. The number of anilines is 1. The minimum absolute atomic E-state index is 0.0932. The van der Waals surface area contributed by atoms with E-state index in [9.17, 15) is 19.5 Å². The molecule has 4 atom stereocenters. The lowest BCUT2D eigenvalue weighted by Gasteiger charge is -2.26. The first-order valence-electron chi connectivity index (χ1n) is 7.74. The number of carbonyl (C=O) groups excluding carboxylic acids is 2. The second-order valence-corrected chi connectivity index (χ2v) is 7.79. The molecule has 2 amide bonds. The van der Waals surface area contributed by atoms with Gasteiger partial charge in [0.2, 0.25) is 5.91 Å². The Bertz CT molecular complexity index is 696. The number of hydrogen-bond acceptors (Lipinski definition) is 4. The molecule has 0 aliphatic heterocycles. The summed E-state index contributed by atoms with van der Waals surface area (Å²) >= 11 is 1.31. The van der Waals surface area contributed by atoms with Gasteiger partial charge in [-0.15, -0.1) is 11.3 Å². The van der Waals surface area contributed by atoms with Gasteiger partial charge in [0.1, 0.15) is 5.00 Å². The summed E-state index contributed by atoms with van der Waals surface area (Å²) in [5.74, 6) is -2.69. The smallest absolute Gasteiger partial charge is 0.307 e. The Morgan fingerprint density at radius 2 is 1.78 bits per heavy atom. The van der Waals surface area contributed by atoms with Crippen LogP contribution in [-0.4, -0.2) is 22.9 Å². The molecule has 6 nitrogen and oxygen atoms in total. The van der Waals surface area contributed by atoms with Crippen molar-refractivity contribution in [1.29, 1.82) is 0 Å². The average Bonchev–Trinajstić information content (AvgIpc) is 3.12. The number of fused-ring (bicyclic) bond motifs is 2. The maximum atomic E-state index is 12.7.